The van der Waals surface area contributed by atoms with Crippen LogP contribution in [-0.2, 0) is 27.4 Å². The number of fused-ring (bicyclic) bond motifs is 1. The van der Waals surface area contributed by atoms with Gasteiger partial charge in [0.25, 0.3) is 0 Å². The van der Waals surface area contributed by atoms with Gasteiger partial charge in [-0.2, -0.15) is 4.98 Å². The topological polar surface area (TPSA) is 73.1 Å². The van der Waals surface area contributed by atoms with E-state index in [0.717, 1.165) is 19.3 Å². The molecule has 0 radical (unpaired) electrons. The zero-order chi connectivity index (χ0) is 18.5. The van der Waals surface area contributed by atoms with Crippen LogP contribution in [0.25, 0.3) is 0 Å². The summed E-state index contributed by atoms with van der Waals surface area (Å²) in [5.41, 5.74) is 2.70. The van der Waals surface area contributed by atoms with Crippen molar-refractivity contribution in [3.8, 4) is 0 Å². The van der Waals surface area contributed by atoms with Crippen molar-refractivity contribution in [1.82, 2.24) is 10.1 Å². The molecule has 2 aliphatic rings. The molecular weight excluding hydrogens is 360 g/mol. The standard InChI is InChI=1S/C21H20N2O3S/c24-27(25,18-8-2-1-3-9-18)21(12-13-21)20-22-19(23-26-20)17-11-10-15-6-4-5-7-16(15)14-17/h1-9,17H,10-14H2. The molecule has 0 bridgehead atoms. The number of rotatable bonds is 4. The molecule has 0 amide bonds. The van der Waals surface area contributed by atoms with E-state index in [4.69, 9.17) is 4.52 Å². The van der Waals surface area contributed by atoms with Gasteiger partial charge in [-0.1, -0.05) is 47.6 Å². The molecule has 1 fully saturated rings. The lowest BCUT2D eigenvalue weighted by Crippen LogP contribution is -2.22. The number of hydrogen-bond acceptors (Lipinski definition) is 5. The van der Waals surface area contributed by atoms with E-state index in [1.807, 2.05) is 6.07 Å². The summed E-state index contributed by atoms with van der Waals surface area (Å²) in [6.07, 6.45) is 3.86. The average Bonchev–Trinajstić information content (AvgIpc) is 3.39. The molecule has 2 aliphatic carbocycles. The first-order valence-corrected chi connectivity index (χ1v) is 10.8. The second-order valence-corrected chi connectivity index (χ2v) is 9.74. The smallest absolute Gasteiger partial charge is 0.248 e. The van der Waals surface area contributed by atoms with Crippen LogP contribution in [0.1, 0.15) is 48.0 Å². The lowest BCUT2D eigenvalue weighted by atomic mass is 9.83. The maximum absolute atomic E-state index is 13.1. The molecule has 5 rings (SSSR count). The van der Waals surface area contributed by atoms with Crippen LogP contribution < -0.4 is 0 Å². The minimum atomic E-state index is -3.54. The Labute approximate surface area is 158 Å². The maximum atomic E-state index is 13.1. The van der Waals surface area contributed by atoms with E-state index in [1.165, 1.54) is 11.1 Å². The van der Waals surface area contributed by atoms with Crippen molar-refractivity contribution in [3.63, 3.8) is 0 Å². The molecule has 27 heavy (non-hydrogen) atoms. The van der Waals surface area contributed by atoms with E-state index in [1.54, 1.807) is 24.3 Å². The quantitative estimate of drug-likeness (QED) is 0.688. The SMILES string of the molecule is O=S(=O)(c1ccccc1)C1(c2nc(C3CCc4ccccc4C3)no2)CC1. The van der Waals surface area contributed by atoms with Gasteiger partial charge in [0.1, 0.15) is 0 Å². The van der Waals surface area contributed by atoms with Crippen LogP contribution in [0.4, 0.5) is 0 Å². The minimum absolute atomic E-state index is 0.174. The van der Waals surface area contributed by atoms with E-state index in [-0.39, 0.29) is 11.8 Å². The molecule has 1 unspecified atom stereocenters. The van der Waals surface area contributed by atoms with Crippen LogP contribution in [0.5, 0.6) is 0 Å². The number of nitrogens with zero attached hydrogens (tertiary/aromatic N) is 2. The summed E-state index contributed by atoms with van der Waals surface area (Å²) in [5.74, 6) is 1.06. The Morgan fingerprint density at radius 3 is 2.41 bits per heavy atom. The van der Waals surface area contributed by atoms with E-state index in [0.29, 0.717) is 23.6 Å². The molecule has 0 spiro atoms. The minimum Gasteiger partial charge on any atom is -0.338 e. The van der Waals surface area contributed by atoms with E-state index in [2.05, 4.69) is 34.4 Å². The van der Waals surface area contributed by atoms with Crippen LogP contribution in [-0.4, -0.2) is 18.6 Å². The number of aromatic nitrogens is 2. The van der Waals surface area contributed by atoms with Gasteiger partial charge in [-0.15, -0.1) is 0 Å². The molecule has 0 aliphatic heterocycles. The first kappa shape index (κ1) is 16.7. The van der Waals surface area contributed by atoms with Crippen LogP contribution in [0.3, 0.4) is 0 Å². The predicted octanol–water partition coefficient (Wildman–Crippen LogP) is 3.81. The van der Waals surface area contributed by atoms with Crippen LogP contribution in [0, 0.1) is 0 Å². The molecule has 1 aromatic heterocycles. The summed E-state index contributed by atoms with van der Waals surface area (Å²) in [6, 6.07) is 17.0. The molecule has 1 heterocycles. The Morgan fingerprint density at radius 1 is 0.963 bits per heavy atom. The van der Waals surface area contributed by atoms with E-state index < -0.39 is 14.6 Å². The molecule has 3 aromatic rings. The summed E-state index contributed by atoms with van der Waals surface area (Å²) in [5, 5.41) is 4.18. The number of aryl methyl sites for hydroxylation is 1. The Kier molecular flexibility index (Phi) is 3.72. The molecule has 5 nitrogen and oxygen atoms in total. The zero-order valence-corrected chi connectivity index (χ0v) is 15.7. The summed E-state index contributed by atoms with van der Waals surface area (Å²) < 4.78 is 30.7. The Morgan fingerprint density at radius 2 is 1.67 bits per heavy atom. The maximum Gasteiger partial charge on any atom is 0.248 e. The second-order valence-electron chi connectivity index (χ2n) is 7.48. The van der Waals surface area contributed by atoms with Crippen molar-refractivity contribution < 1.29 is 12.9 Å². The summed E-state index contributed by atoms with van der Waals surface area (Å²) in [6.45, 7) is 0. The molecule has 1 saturated carbocycles. The van der Waals surface area contributed by atoms with Gasteiger partial charge in [-0.3, -0.25) is 0 Å². The van der Waals surface area contributed by atoms with Gasteiger partial charge in [-0.05, 0) is 55.4 Å². The van der Waals surface area contributed by atoms with Crippen molar-refractivity contribution >= 4 is 9.84 Å². The zero-order valence-electron chi connectivity index (χ0n) is 14.8. The second kappa shape index (κ2) is 6.02. The third-order valence-corrected chi connectivity index (χ3v) is 8.32. The van der Waals surface area contributed by atoms with E-state index in [9.17, 15) is 8.42 Å². The monoisotopic (exact) mass is 380 g/mol. The Balaban J connectivity index is 1.45. The van der Waals surface area contributed by atoms with Gasteiger partial charge in [0, 0.05) is 5.92 Å². The van der Waals surface area contributed by atoms with Crippen molar-refractivity contribution in [1.29, 1.82) is 0 Å². The van der Waals surface area contributed by atoms with Crippen molar-refractivity contribution in [2.45, 2.75) is 47.7 Å². The lowest BCUT2D eigenvalue weighted by molar-refractivity contribution is 0.358. The number of sulfone groups is 1. The van der Waals surface area contributed by atoms with Gasteiger partial charge >= 0.3 is 0 Å². The fraction of sp³-hybridized carbons (Fsp3) is 0.333. The van der Waals surface area contributed by atoms with Gasteiger partial charge < -0.3 is 4.52 Å². The summed E-state index contributed by atoms with van der Waals surface area (Å²) >= 11 is 0. The fourth-order valence-corrected chi connectivity index (χ4v) is 5.96. The highest BCUT2D eigenvalue weighted by Gasteiger charge is 2.61. The first-order chi connectivity index (χ1) is 13.1. The van der Waals surface area contributed by atoms with Crippen LogP contribution in [0.2, 0.25) is 0 Å². The first-order valence-electron chi connectivity index (χ1n) is 9.31. The van der Waals surface area contributed by atoms with Crippen molar-refractivity contribution in [2.24, 2.45) is 0 Å². The number of benzene rings is 2. The Bertz CT molecular complexity index is 1090. The Hall–Kier alpha value is -2.47. The fourth-order valence-electron chi connectivity index (χ4n) is 4.04. The van der Waals surface area contributed by atoms with Crippen molar-refractivity contribution in [2.75, 3.05) is 0 Å². The number of hydrogen-bond donors (Lipinski definition) is 0. The molecule has 138 valence electrons. The summed E-state index contributed by atoms with van der Waals surface area (Å²) in [4.78, 5) is 4.89. The molecule has 1 atom stereocenters. The van der Waals surface area contributed by atoms with Gasteiger partial charge in [0.05, 0.1) is 4.90 Å². The highest BCUT2D eigenvalue weighted by atomic mass is 32.2. The third kappa shape index (κ3) is 2.62. The molecule has 2 aromatic carbocycles. The predicted molar refractivity (Wildman–Crippen MR) is 100 cm³/mol. The summed E-state index contributed by atoms with van der Waals surface area (Å²) in [7, 11) is -3.54. The lowest BCUT2D eigenvalue weighted by Gasteiger charge is -2.21. The average molecular weight is 380 g/mol. The van der Waals surface area contributed by atoms with Gasteiger partial charge in [-0.25, -0.2) is 8.42 Å². The van der Waals surface area contributed by atoms with Crippen LogP contribution >= 0.6 is 0 Å². The molecule has 6 heteroatoms. The highest BCUT2D eigenvalue weighted by Crippen LogP contribution is 2.54. The van der Waals surface area contributed by atoms with Crippen LogP contribution in [0.15, 0.2) is 64.0 Å². The molecular formula is C21H20N2O3S. The van der Waals surface area contributed by atoms with Crippen molar-refractivity contribution in [3.05, 3.63) is 77.4 Å². The largest absolute Gasteiger partial charge is 0.338 e. The van der Waals surface area contributed by atoms with Gasteiger partial charge in [0.2, 0.25) is 5.89 Å². The van der Waals surface area contributed by atoms with E-state index >= 15 is 0 Å². The highest BCUT2D eigenvalue weighted by molar-refractivity contribution is 7.92. The molecule has 0 saturated heterocycles. The normalized spacial score (nSPS) is 20.8. The van der Waals surface area contributed by atoms with Gasteiger partial charge in [0.15, 0.2) is 20.4 Å². The molecule has 0 N–H and O–H groups in total. The third-order valence-electron chi connectivity index (χ3n) is 5.82.